The molecule has 3 aromatic rings. The van der Waals surface area contributed by atoms with Crippen LogP contribution < -0.4 is 10.1 Å². The van der Waals surface area contributed by atoms with Crippen LogP contribution >= 0.6 is 15.9 Å². The van der Waals surface area contributed by atoms with E-state index in [9.17, 15) is 22.4 Å². The summed E-state index contributed by atoms with van der Waals surface area (Å²) in [6, 6.07) is 8.85. The zero-order valence-electron chi connectivity index (χ0n) is 16.5. The third-order valence-electron chi connectivity index (χ3n) is 4.50. The number of carbonyl (C=O) groups is 1. The monoisotopic (exact) mass is 496 g/mol. The normalized spacial score (nSPS) is 11.3. The first kappa shape index (κ1) is 22.7. The van der Waals surface area contributed by atoms with Gasteiger partial charge in [-0.1, -0.05) is 15.9 Å². The van der Waals surface area contributed by atoms with Crippen LogP contribution in [0.1, 0.15) is 27.2 Å². The molecule has 0 bridgehead atoms. The maximum atomic E-state index is 13.6. The first-order valence-electron chi connectivity index (χ1n) is 9.04. The van der Waals surface area contributed by atoms with Crippen molar-refractivity contribution in [1.82, 2.24) is 10.3 Å². The van der Waals surface area contributed by atoms with Crippen LogP contribution in [0.2, 0.25) is 0 Å². The number of hydrogen-bond donors (Lipinski definition) is 1. The van der Waals surface area contributed by atoms with E-state index in [0.717, 1.165) is 12.1 Å². The van der Waals surface area contributed by atoms with Gasteiger partial charge in [-0.15, -0.1) is 0 Å². The van der Waals surface area contributed by atoms with Crippen LogP contribution in [0.15, 0.2) is 53.1 Å². The molecule has 0 saturated heterocycles. The van der Waals surface area contributed by atoms with Crippen LogP contribution in [-0.4, -0.2) is 18.0 Å². The summed E-state index contributed by atoms with van der Waals surface area (Å²) in [5.41, 5.74) is 1.48. The molecule has 0 atom stereocenters. The number of rotatable bonds is 5. The maximum Gasteiger partial charge on any atom is 0.416 e. The number of methoxy groups -OCH3 is 1. The standard InChI is InChI=1S/C22H17BrF4N2O2/c1-12-5-19(18-4-3-17(24)9-20(18)31-2)14(10-28-12)11-29-21(30)13-6-15(22(25,26)27)8-16(23)7-13/h3-10H,11H2,1-2H3,(H,29,30). The number of halogens is 5. The summed E-state index contributed by atoms with van der Waals surface area (Å²) in [5.74, 6) is -0.833. The second-order valence-corrected chi connectivity index (χ2v) is 7.65. The number of ether oxygens (including phenoxy) is 1. The minimum Gasteiger partial charge on any atom is -0.496 e. The van der Waals surface area contributed by atoms with E-state index in [1.54, 1.807) is 25.3 Å². The van der Waals surface area contributed by atoms with Gasteiger partial charge in [0, 0.05) is 40.1 Å². The molecule has 1 aromatic heterocycles. The van der Waals surface area contributed by atoms with E-state index in [-0.39, 0.29) is 16.6 Å². The Morgan fingerprint density at radius 1 is 1.13 bits per heavy atom. The second kappa shape index (κ2) is 9.05. The topological polar surface area (TPSA) is 51.2 Å². The summed E-state index contributed by atoms with van der Waals surface area (Å²) in [7, 11) is 1.42. The van der Waals surface area contributed by atoms with Crippen molar-refractivity contribution in [3.63, 3.8) is 0 Å². The molecule has 1 amide bonds. The second-order valence-electron chi connectivity index (χ2n) is 6.74. The number of nitrogens with zero attached hydrogens (tertiary/aromatic N) is 1. The van der Waals surface area contributed by atoms with Gasteiger partial charge in [-0.05, 0) is 54.4 Å². The lowest BCUT2D eigenvalue weighted by Gasteiger charge is -2.15. The predicted molar refractivity (Wildman–Crippen MR) is 111 cm³/mol. The maximum absolute atomic E-state index is 13.6. The molecule has 162 valence electrons. The molecule has 3 rings (SSSR count). The molecule has 31 heavy (non-hydrogen) atoms. The fourth-order valence-electron chi connectivity index (χ4n) is 3.03. The lowest BCUT2D eigenvalue weighted by Crippen LogP contribution is -2.24. The molecular weight excluding hydrogens is 480 g/mol. The van der Waals surface area contributed by atoms with E-state index >= 15 is 0 Å². The molecule has 0 saturated carbocycles. The smallest absolute Gasteiger partial charge is 0.416 e. The largest absolute Gasteiger partial charge is 0.496 e. The van der Waals surface area contributed by atoms with Crippen LogP contribution in [0.5, 0.6) is 5.75 Å². The van der Waals surface area contributed by atoms with Gasteiger partial charge in [0.1, 0.15) is 11.6 Å². The third kappa shape index (κ3) is 5.41. The Morgan fingerprint density at radius 3 is 2.55 bits per heavy atom. The highest BCUT2D eigenvalue weighted by Crippen LogP contribution is 2.34. The Labute approximate surface area is 184 Å². The highest BCUT2D eigenvalue weighted by molar-refractivity contribution is 9.10. The van der Waals surface area contributed by atoms with Gasteiger partial charge in [0.2, 0.25) is 0 Å². The lowest BCUT2D eigenvalue weighted by atomic mass is 9.99. The van der Waals surface area contributed by atoms with Crippen molar-refractivity contribution in [2.45, 2.75) is 19.6 Å². The number of amides is 1. The number of carbonyl (C=O) groups excluding carboxylic acids is 1. The first-order valence-corrected chi connectivity index (χ1v) is 9.83. The molecule has 2 aromatic carbocycles. The summed E-state index contributed by atoms with van der Waals surface area (Å²) < 4.78 is 58.1. The molecule has 0 unspecified atom stereocenters. The highest BCUT2D eigenvalue weighted by Gasteiger charge is 2.31. The number of nitrogens with one attached hydrogen (secondary N) is 1. The molecule has 1 N–H and O–H groups in total. The molecule has 0 fully saturated rings. The number of hydrogen-bond acceptors (Lipinski definition) is 3. The number of alkyl halides is 3. The van der Waals surface area contributed by atoms with Gasteiger partial charge in [-0.25, -0.2) is 4.39 Å². The predicted octanol–water partition coefficient (Wildman–Crippen LogP) is 5.92. The van der Waals surface area contributed by atoms with E-state index in [0.29, 0.717) is 28.1 Å². The minimum absolute atomic E-state index is 0.00413. The van der Waals surface area contributed by atoms with Crippen molar-refractivity contribution >= 4 is 21.8 Å². The number of aromatic nitrogens is 1. The summed E-state index contributed by atoms with van der Waals surface area (Å²) in [4.78, 5) is 16.8. The van der Waals surface area contributed by atoms with Gasteiger partial charge >= 0.3 is 6.18 Å². The summed E-state index contributed by atoms with van der Waals surface area (Å²) in [6.45, 7) is 1.78. The van der Waals surface area contributed by atoms with Crippen LogP contribution in [0.4, 0.5) is 17.6 Å². The molecule has 0 aliphatic rings. The van der Waals surface area contributed by atoms with Crippen molar-refractivity contribution in [3.05, 3.63) is 81.3 Å². The first-order chi connectivity index (χ1) is 14.6. The van der Waals surface area contributed by atoms with Crippen molar-refractivity contribution in [2.75, 3.05) is 7.11 Å². The molecule has 1 heterocycles. The van der Waals surface area contributed by atoms with Gasteiger partial charge in [-0.3, -0.25) is 9.78 Å². The molecule has 0 spiro atoms. The van der Waals surface area contributed by atoms with Crippen LogP contribution in [-0.2, 0) is 12.7 Å². The lowest BCUT2D eigenvalue weighted by molar-refractivity contribution is -0.137. The Balaban J connectivity index is 1.90. The van der Waals surface area contributed by atoms with E-state index in [2.05, 4.69) is 26.2 Å². The van der Waals surface area contributed by atoms with E-state index < -0.39 is 23.5 Å². The van der Waals surface area contributed by atoms with Crippen molar-refractivity contribution < 1.29 is 27.1 Å². The fraction of sp³-hybridized carbons (Fsp3) is 0.182. The number of pyridine rings is 1. The van der Waals surface area contributed by atoms with Gasteiger partial charge in [0.25, 0.3) is 5.91 Å². The highest BCUT2D eigenvalue weighted by atomic mass is 79.9. The molecular formula is C22H17BrF4N2O2. The molecule has 0 aliphatic heterocycles. The van der Waals surface area contributed by atoms with Crippen molar-refractivity contribution in [2.24, 2.45) is 0 Å². The van der Waals surface area contributed by atoms with Gasteiger partial charge < -0.3 is 10.1 Å². The van der Waals surface area contributed by atoms with Crippen molar-refractivity contribution in [1.29, 1.82) is 0 Å². The van der Waals surface area contributed by atoms with E-state index in [1.807, 2.05) is 0 Å². The number of benzene rings is 2. The van der Waals surface area contributed by atoms with Gasteiger partial charge in [-0.2, -0.15) is 13.2 Å². The van der Waals surface area contributed by atoms with E-state index in [4.69, 9.17) is 4.74 Å². The summed E-state index contributed by atoms with van der Waals surface area (Å²) in [5, 5.41) is 2.62. The third-order valence-corrected chi connectivity index (χ3v) is 4.96. The van der Waals surface area contributed by atoms with Gasteiger partial charge in [0.15, 0.2) is 0 Å². The Kier molecular flexibility index (Phi) is 6.64. The molecule has 0 radical (unpaired) electrons. The number of aryl methyl sites for hydroxylation is 1. The molecule has 9 heteroatoms. The zero-order valence-corrected chi connectivity index (χ0v) is 18.1. The zero-order chi connectivity index (χ0) is 22.8. The SMILES string of the molecule is COc1cc(F)ccc1-c1cc(C)ncc1CNC(=O)c1cc(Br)cc(C(F)(F)F)c1. The van der Waals surface area contributed by atoms with Crippen LogP contribution in [0, 0.1) is 12.7 Å². The van der Waals surface area contributed by atoms with Crippen LogP contribution in [0.25, 0.3) is 11.1 Å². The fourth-order valence-corrected chi connectivity index (χ4v) is 3.52. The quantitative estimate of drug-likeness (QED) is 0.446. The Morgan fingerprint density at radius 2 is 1.87 bits per heavy atom. The Hall–Kier alpha value is -2.94. The Bertz CT molecular complexity index is 1130. The van der Waals surface area contributed by atoms with E-state index in [1.165, 1.54) is 25.3 Å². The van der Waals surface area contributed by atoms with Gasteiger partial charge in [0.05, 0.1) is 12.7 Å². The average Bonchev–Trinajstić information content (AvgIpc) is 2.71. The average molecular weight is 497 g/mol. The van der Waals surface area contributed by atoms with Crippen LogP contribution in [0.3, 0.4) is 0 Å². The minimum atomic E-state index is -4.58. The molecule has 0 aliphatic carbocycles. The van der Waals surface area contributed by atoms with Crippen molar-refractivity contribution in [3.8, 4) is 16.9 Å². The summed E-state index contributed by atoms with van der Waals surface area (Å²) in [6.07, 6.45) is -3.03. The summed E-state index contributed by atoms with van der Waals surface area (Å²) >= 11 is 3.01. The molecule has 4 nitrogen and oxygen atoms in total.